The molecule has 0 bridgehead atoms. The Labute approximate surface area is 488 Å². The molecule has 84 heavy (non-hydrogen) atoms. The van der Waals surface area contributed by atoms with Gasteiger partial charge in [-0.2, -0.15) is 0 Å². The molecule has 6 rings (SSSR count). The van der Waals surface area contributed by atoms with Gasteiger partial charge in [-0.05, 0) is 172 Å². The number of carbonyl (C=O) groups is 6. The van der Waals surface area contributed by atoms with Gasteiger partial charge in [0.05, 0.1) is 22.6 Å². The summed E-state index contributed by atoms with van der Waals surface area (Å²) < 4.78 is 17.2. The Morgan fingerprint density at radius 2 is 0.512 bits per heavy atom. The van der Waals surface area contributed by atoms with Gasteiger partial charge in [-0.15, -0.1) is 0 Å². The largest absolute Gasteiger partial charge is 0.448 e. The van der Waals surface area contributed by atoms with E-state index in [1.807, 2.05) is 93.6 Å². The maximum absolute atomic E-state index is 13.3. The van der Waals surface area contributed by atoms with E-state index >= 15 is 0 Å². The third kappa shape index (κ3) is 22.1. The lowest BCUT2D eigenvalue weighted by atomic mass is 9.88. The normalized spacial score (nSPS) is 12.1. The quantitative estimate of drug-likeness (QED) is 0.0135. The average Bonchev–Trinajstić information content (AvgIpc) is 3.51. The van der Waals surface area contributed by atoms with Crippen molar-refractivity contribution in [1.29, 1.82) is 0 Å². The number of nitrogens with zero attached hydrogens (tertiary/aromatic N) is 3. The van der Waals surface area contributed by atoms with Crippen LogP contribution in [-0.2, 0) is 48.0 Å². The Balaban J connectivity index is 1.03. The summed E-state index contributed by atoms with van der Waals surface area (Å²) in [5.41, 5.74) is 9.75. The molecule has 0 aliphatic rings. The summed E-state index contributed by atoms with van der Waals surface area (Å²) in [7, 11) is 0. The van der Waals surface area contributed by atoms with Crippen molar-refractivity contribution >= 4 is 87.8 Å². The Morgan fingerprint density at radius 1 is 0.321 bits per heavy atom. The van der Waals surface area contributed by atoms with Gasteiger partial charge in [0.25, 0.3) is 0 Å². The number of oxime groups is 3. The smallest absolute Gasteiger partial charge is 0.437 e. The Bertz CT molecular complexity index is 2900. The molecule has 6 N–H and O–H groups in total. The number of anilines is 6. The summed E-state index contributed by atoms with van der Waals surface area (Å²) in [5, 5.41) is 27.4. The first-order valence-electron chi connectivity index (χ1n) is 27.4. The minimum Gasteiger partial charge on any atom is -0.448 e. The lowest BCUT2D eigenvalue weighted by Crippen LogP contribution is -2.40. The molecule has 21 heteroatoms. The molecule has 6 aromatic rings. The first kappa shape index (κ1) is 63.1. The van der Waals surface area contributed by atoms with E-state index in [4.69, 9.17) is 28.7 Å². The van der Waals surface area contributed by atoms with Crippen molar-refractivity contribution in [1.82, 2.24) is 0 Å². The van der Waals surface area contributed by atoms with Gasteiger partial charge in [0, 0.05) is 34.1 Å². The van der Waals surface area contributed by atoms with Crippen LogP contribution in [0.4, 0.5) is 62.9 Å². The fourth-order valence-electron chi connectivity index (χ4n) is 7.47. The SMILES string of the molecule is CCC(C)=NOC(=O)Nc1ccc(Cc2ccc(NC(=O)OCC(CC)(COC(=O)Nc3ccc(Cc4ccc(NC(=O)ON=C(C)CC)cc4)cc3)COC(=O)Nc3ccc(Cc4ccc(NC(=O)ON=C(C)CC)cc4)cc3)cc2)cc1. The summed E-state index contributed by atoms with van der Waals surface area (Å²) in [4.78, 5) is 90.9. The van der Waals surface area contributed by atoms with E-state index in [-0.39, 0.29) is 26.2 Å². The topological polar surface area (TPSA) is 267 Å². The summed E-state index contributed by atoms with van der Waals surface area (Å²) in [6.45, 7) is 11.9. The number of rotatable bonds is 25. The van der Waals surface area contributed by atoms with Gasteiger partial charge in [0.15, 0.2) is 0 Å². The van der Waals surface area contributed by atoms with E-state index in [2.05, 4.69) is 47.4 Å². The monoisotopic (exact) mass is 1150 g/mol. The highest BCUT2D eigenvalue weighted by Crippen LogP contribution is 2.27. The standard InChI is InChI=1S/C63H71N9O12/c1-8-42(5)70-82-60(76)67-54-30-18-48(19-31-54)36-45-12-24-51(25-13-45)64-57(73)79-39-63(11-4,40-80-58(74)65-52-26-14-46(15-27-52)37-49-20-32-55(33-21-49)68-61(77)83-71-43(6)9-2)41-81-59(75)66-53-28-16-47(17-29-53)38-50-22-34-56(35-23-50)69-62(78)84-72-44(7)10-3/h12-35H,8-11,36-41H2,1-7H3,(H,64,73)(H,65,74)(H,66,75)(H,67,76)(H,68,77)(H,69,78). The fraction of sp³-hybridized carbons (Fsp3) is 0.286. The summed E-state index contributed by atoms with van der Waals surface area (Å²) >= 11 is 0. The first-order chi connectivity index (χ1) is 40.5. The van der Waals surface area contributed by atoms with Gasteiger partial charge in [0.1, 0.15) is 19.8 Å². The van der Waals surface area contributed by atoms with Crippen LogP contribution in [0.5, 0.6) is 0 Å². The second-order valence-electron chi connectivity index (χ2n) is 19.7. The number of benzene rings is 6. The third-order valence-electron chi connectivity index (χ3n) is 13.1. The van der Waals surface area contributed by atoms with Crippen LogP contribution in [0.15, 0.2) is 161 Å². The number of hydrogen-bond donors (Lipinski definition) is 6. The Hall–Kier alpha value is -10.1. The summed E-state index contributed by atoms with van der Waals surface area (Å²) in [6.07, 6.45) is -0.435. The molecule has 0 aliphatic carbocycles. The minimum absolute atomic E-state index is 0.260. The molecule has 0 saturated carbocycles. The van der Waals surface area contributed by atoms with Crippen molar-refractivity contribution in [2.75, 3.05) is 51.7 Å². The summed E-state index contributed by atoms with van der Waals surface area (Å²) in [5.74, 6) is 0. The zero-order chi connectivity index (χ0) is 60.3. The summed E-state index contributed by atoms with van der Waals surface area (Å²) in [6, 6.07) is 43.5. The first-order valence-corrected chi connectivity index (χ1v) is 27.4. The molecule has 0 aromatic heterocycles. The second-order valence-corrected chi connectivity index (χ2v) is 19.7. The van der Waals surface area contributed by atoms with Crippen LogP contribution in [0.1, 0.15) is 108 Å². The lowest BCUT2D eigenvalue weighted by Gasteiger charge is -2.31. The lowest BCUT2D eigenvalue weighted by molar-refractivity contribution is -0.0104. The van der Waals surface area contributed by atoms with Crippen LogP contribution in [0.25, 0.3) is 0 Å². The Kier molecular flexibility index (Phi) is 24.4. The molecule has 0 aliphatic heterocycles. The molecule has 6 amide bonds. The van der Waals surface area contributed by atoms with Gasteiger partial charge >= 0.3 is 36.6 Å². The molecule has 0 atom stereocenters. The van der Waals surface area contributed by atoms with Crippen LogP contribution >= 0.6 is 0 Å². The molecule has 0 heterocycles. The average molecular weight is 1150 g/mol. The van der Waals surface area contributed by atoms with Crippen LogP contribution in [-0.4, -0.2) is 73.5 Å². The third-order valence-corrected chi connectivity index (χ3v) is 13.1. The van der Waals surface area contributed by atoms with Crippen molar-refractivity contribution in [2.24, 2.45) is 20.9 Å². The van der Waals surface area contributed by atoms with Gasteiger partial charge in [0.2, 0.25) is 0 Å². The molecule has 440 valence electrons. The molecule has 0 spiro atoms. The van der Waals surface area contributed by atoms with E-state index < -0.39 is 42.0 Å². The highest BCUT2D eigenvalue weighted by Gasteiger charge is 2.35. The van der Waals surface area contributed by atoms with Crippen molar-refractivity contribution in [3.05, 3.63) is 179 Å². The predicted molar refractivity (Wildman–Crippen MR) is 325 cm³/mol. The second kappa shape index (κ2) is 32.4. The zero-order valence-electron chi connectivity index (χ0n) is 48.2. The van der Waals surface area contributed by atoms with E-state index in [1.165, 1.54) is 0 Å². The van der Waals surface area contributed by atoms with E-state index in [0.717, 1.165) is 33.4 Å². The molecule has 0 radical (unpaired) electrons. The minimum atomic E-state index is -1.18. The maximum Gasteiger partial charge on any atom is 0.437 e. The van der Waals surface area contributed by atoms with Gasteiger partial charge < -0.3 is 14.2 Å². The van der Waals surface area contributed by atoms with Gasteiger partial charge in [-0.3, -0.25) is 46.4 Å². The number of ether oxygens (including phenoxy) is 3. The molecule has 0 unspecified atom stereocenters. The highest BCUT2D eigenvalue weighted by atomic mass is 16.7. The van der Waals surface area contributed by atoms with Crippen molar-refractivity contribution < 1.29 is 57.5 Å². The zero-order valence-corrected chi connectivity index (χ0v) is 48.2. The van der Waals surface area contributed by atoms with Gasteiger partial charge in [-0.1, -0.05) is 116 Å². The van der Waals surface area contributed by atoms with Crippen LogP contribution in [0, 0.1) is 5.41 Å². The van der Waals surface area contributed by atoms with Gasteiger partial charge in [-0.25, -0.2) is 28.8 Å². The number of nitrogens with one attached hydrogen (secondary N) is 6. The van der Waals surface area contributed by atoms with Crippen LogP contribution in [0.3, 0.4) is 0 Å². The Morgan fingerprint density at radius 3 is 0.690 bits per heavy atom. The highest BCUT2D eigenvalue weighted by molar-refractivity contribution is 5.89. The molecule has 21 nitrogen and oxygen atoms in total. The molecular weight excluding hydrogens is 1070 g/mol. The number of amides is 6. The van der Waals surface area contributed by atoms with Crippen molar-refractivity contribution in [3.8, 4) is 0 Å². The molecular formula is C63H71N9O12. The number of carbonyl (C=O) groups excluding carboxylic acids is 6. The predicted octanol–water partition coefficient (Wildman–Crippen LogP) is 14.9. The van der Waals surface area contributed by atoms with Crippen molar-refractivity contribution in [2.45, 2.75) is 93.4 Å². The maximum atomic E-state index is 13.3. The van der Waals surface area contributed by atoms with E-state index in [1.54, 1.807) is 100 Å². The van der Waals surface area contributed by atoms with Crippen LogP contribution in [0.2, 0.25) is 0 Å². The molecule has 0 saturated heterocycles. The molecule has 0 fully saturated rings. The van der Waals surface area contributed by atoms with E-state index in [0.29, 0.717) is 89.8 Å². The molecule has 6 aromatic carbocycles. The van der Waals surface area contributed by atoms with E-state index in [9.17, 15) is 28.8 Å². The fourth-order valence-corrected chi connectivity index (χ4v) is 7.47. The van der Waals surface area contributed by atoms with Crippen molar-refractivity contribution in [3.63, 3.8) is 0 Å². The number of hydrogen-bond acceptors (Lipinski definition) is 15. The van der Waals surface area contributed by atoms with Crippen LogP contribution < -0.4 is 31.9 Å².